The van der Waals surface area contributed by atoms with Crippen LogP contribution in [-0.4, -0.2) is 21.1 Å². The number of amides is 1. The molecule has 3 rings (SSSR count). The lowest BCUT2D eigenvalue weighted by Crippen LogP contribution is -2.43. The maximum absolute atomic E-state index is 12.9. The number of thiocarbonyl (C=S) groups is 1. The normalized spacial score (nSPS) is 17.4. The lowest BCUT2D eigenvalue weighted by atomic mass is 10.1. The van der Waals surface area contributed by atoms with Crippen molar-refractivity contribution >= 4 is 46.3 Å². The molecule has 1 unspecified atom stereocenters. The molecule has 1 aliphatic rings. The first-order valence-electron chi connectivity index (χ1n) is 8.23. The quantitative estimate of drug-likeness (QED) is 0.575. The number of allylic oxidation sites excluding steroid dienone is 2. The number of carboxylic acid groups (broad SMARTS) is 1. The van der Waals surface area contributed by atoms with Gasteiger partial charge in [-0.2, -0.15) is 0 Å². The zero-order valence-electron chi connectivity index (χ0n) is 14.5. The molecular formula is C21H16NO3S2-. The van der Waals surface area contributed by atoms with E-state index in [4.69, 9.17) is 12.2 Å². The number of thioether (sulfide) groups is 1. The Kier molecular flexibility index (Phi) is 5.88. The van der Waals surface area contributed by atoms with Crippen LogP contribution in [0.4, 0.5) is 0 Å². The summed E-state index contributed by atoms with van der Waals surface area (Å²) in [5.41, 5.74) is 2.33. The molecule has 1 aliphatic heterocycles. The Morgan fingerprint density at radius 2 is 1.70 bits per heavy atom. The summed E-state index contributed by atoms with van der Waals surface area (Å²) in [5, 5.41) is 11.7. The largest absolute Gasteiger partial charge is 0.547 e. The van der Waals surface area contributed by atoms with Crippen LogP contribution < -0.4 is 5.11 Å². The van der Waals surface area contributed by atoms with Crippen molar-refractivity contribution in [3.8, 4) is 0 Å². The summed E-state index contributed by atoms with van der Waals surface area (Å²) in [7, 11) is 0. The molecule has 0 aliphatic carbocycles. The summed E-state index contributed by atoms with van der Waals surface area (Å²) in [6.07, 6.45) is 3.67. The fourth-order valence-corrected chi connectivity index (χ4v) is 4.15. The monoisotopic (exact) mass is 394 g/mol. The Bertz CT molecular complexity index is 936. The van der Waals surface area contributed by atoms with Gasteiger partial charge in [0.15, 0.2) is 0 Å². The standard InChI is InChI=1S/C21H17NO3S2/c1-14(12-15-8-4-2-5-9-15)13-17-19(23)22(21(26)27-17)18(20(24)25)16-10-6-3-7-11-16/h2-13,18H,1H3,(H,24,25)/p-1/b14-12+,17-13-. The Labute approximate surface area is 167 Å². The van der Waals surface area contributed by atoms with E-state index in [1.807, 2.05) is 43.3 Å². The first-order chi connectivity index (χ1) is 13.0. The minimum atomic E-state index is -1.37. The highest BCUT2D eigenvalue weighted by atomic mass is 32.2. The topological polar surface area (TPSA) is 60.4 Å². The highest BCUT2D eigenvalue weighted by Crippen LogP contribution is 2.37. The fraction of sp³-hybridized carbons (Fsp3) is 0.0952. The minimum absolute atomic E-state index is 0.205. The molecule has 1 amide bonds. The van der Waals surface area contributed by atoms with Crippen LogP contribution in [0.3, 0.4) is 0 Å². The maximum atomic E-state index is 12.9. The Balaban J connectivity index is 1.90. The summed E-state index contributed by atoms with van der Waals surface area (Å²) < 4.78 is 0.205. The van der Waals surface area contributed by atoms with Crippen LogP contribution in [0, 0.1) is 0 Å². The molecule has 0 radical (unpaired) electrons. The van der Waals surface area contributed by atoms with E-state index in [1.54, 1.807) is 36.4 Å². The van der Waals surface area contributed by atoms with Crippen LogP contribution in [0.25, 0.3) is 6.08 Å². The summed E-state index contributed by atoms with van der Waals surface area (Å²) in [6.45, 7) is 1.88. The number of nitrogens with zero attached hydrogens (tertiary/aromatic N) is 1. The summed E-state index contributed by atoms with van der Waals surface area (Å²) >= 11 is 6.39. The number of carbonyl (C=O) groups excluding carboxylic acids is 2. The summed E-state index contributed by atoms with van der Waals surface area (Å²) in [4.78, 5) is 26.1. The van der Waals surface area contributed by atoms with Gasteiger partial charge in [0.2, 0.25) is 0 Å². The smallest absolute Gasteiger partial charge is 0.267 e. The highest BCUT2D eigenvalue weighted by molar-refractivity contribution is 8.26. The van der Waals surface area contributed by atoms with Gasteiger partial charge < -0.3 is 9.90 Å². The third kappa shape index (κ3) is 4.35. The van der Waals surface area contributed by atoms with Crippen molar-refractivity contribution in [3.63, 3.8) is 0 Å². The first kappa shape index (κ1) is 19.1. The molecule has 1 atom stereocenters. The Morgan fingerprint density at radius 1 is 1.11 bits per heavy atom. The lowest BCUT2D eigenvalue weighted by molar-refractivity contribution is -0.310. The second-order valence-electron chi connectivity index (χ2n) is 5.98. The van der Waals surface area contributed by atoms with E-state index in [-0.39, 0.29) is 4.32 Å². The van der Waals surface area contributed by atoms with Crippen LogP contribution in [0.1, 0.15) is 24.1 Å². The SMILES string of the molecule is CC(/C=C1\SC(=S)N(C(C(=O)[O-])c2ccccc2)C1=O)=C\c1ccccc1. The molecule has 0 bridgehead atoms. The van der Waals surface area contributed by atoms with Gasteiger partial charge in [0.05, 0.1) is 10.9 Å². The summed E-state index contributed by atoms with van der Waals surface area (Å²) in [6, 6.07) is 17.0. The van der Waals surface area contributed by atoms with Gasteiger partial charge in [-0.1, -0.05) is 90.7 Å². The molecule has 4 nitrogen and oxygen atoms in total. The predicted molar refractivity (Wildman–Crippen MR) is 109 cm³/mol. The molecule has 2 aromatic rings. The number of carboxylic acids is 1. The van der Waals surface area contributed by atoms with Crippen molar-refractivity contribution < 1.29 is 14.7 Å². The Morgan fingerprint density at radius 3 is 2.30 bits per heavy atom. The molecule has 0 spiro atoms. The second-order valence-corrected chi connectivity index (χ2v) is 7.66. The number of benzene rings is 2. The van der Waals surface area contributed by atoms with Gasteiger partial charge in [-0.05, 0) is 29.7 Å². The van der Waals surface area contributed by atoms with Crippen LogP contribution in [0.2, 0.25) is 0 Å². The van der Waals surface area contributed by atoms with E-state index in [9.17, 15) is 14.7 Å². The van der Waals surface area contributed by atoms with Gasteiger partial charge in [-0.3, -0.25) is 9.69 Å². The van der Waals surface area contributed by atoms with Crippen LogP contribution in [0.15, 0.2) is 77.2 Å². The van der Waals surface area contributed by atoms with E-state index in [0.717, 1.165) is 27.8 Å². The zero-order chi connectivity index (χ0) is 19.4. The number of hydrogen-bond donors (Lipinski definition) is 0. The average molecular weight is 394 g/mol. The van der Waals surface area contributed by atoms with Crippen molar-refractivity contribution in [1.82, 2.24) is 4.90 Å². The minimum Gasteiger partial charge on any atom is -0.547 e. The predicted octanol–water partition coefficient (Wildman–Crippen LogP) is 3.33. The van der Waals surface area contributed by atoms with Crippen molar-refractivity contribution in [2.24, 2.45) is 0 Å². The van der Waals surface area contributed by atoms with Gasteiger partial charge in [-0.25, -0.2) is 0 Å². The average Bonchev–Trinajstić information content (AvgIpc) is 2.91. The fourth-order valence-electron chi connectivity index (χ4n) is 2.79. The molecule has 0 aromatic heterocycles. The van der Waals surface area contributed by atoms with Crippen LogP contribution in [0.5, 0.6) is 0 Å². The van der Waals surface area contributed by atoms with E-state index in [1.165, 1.54) is 0 Å². The number of aliphatic carboxylic acids is 1. The molecule has 1 heterocycles. The molecule has 136 valence electrons. The molecule has 1 saturated heterocycles. The third-order valence-corrected chi connectivity index (χ3v) is 5.30. The maximum Gasteiger partial charge on any atom is 0.267 e. The molecule has 1 fully saturated rings. The van der Waals surface area contributed by atoms with E-state index < -0.39 is 17.9 Å². The number of rotatable bonds is 5. The highest BCUT2D eigenvalue weighted by Gasteiger charge is 2.38. The van der Waals surface area contributed by atoms with Gasteiger partial charge in [0.1, 0.15) is 10.4 Å². The van der Waals surface area contributed by atoms with Crippen molar-refractivity contribution in [2.75, 3.05) is 0 Å². The molecule has 2 aromatic carbocycles. The number of hydrogen-bond acceptors (Lipinski definition) is 5. The van der Waals surface area contributed by atoms with Crippen LogP contribution in [-0.2, 0) is 9.59 Å². The van der Waals surface area contributed by atoms with E-state index >= 15 is 0 Å². The first-order valence-corrected chi connectivity index (χ1v) is 9.46. The van der Waals surface area contributed by atoms with Crippen molar-refractivity contribution in [3.05, 3.63) is 88.3 Å². The van der Waals surface area contributed by atoms with E-state index in [0.29, 0.717) is 10.5 Å². The third-order valence-electron chi connectivity index (χ3n) is 3.97. The number of carbonyl (C=O) groups is 2. The lowest BCUT2D eigenvalue weighted by Gasteiger charge is -2.27. The van der Waals surface area contributed by atoms with Crippen molar-refractivity contribution in [1.29, 1.82) is 0 Å². The Hall–Kier alpha value is -2.70. The second kappa shape index (κ2) is 8.33. The van der Waals surface area contributed by atoms with Crippen molar-refractivity contribution in [2.45, 2.75) is 13.0 Å². The van der Waals surface area contributed by atoms with Gasteiger partial charge in [0, 0.05) is 0 Å². The molecule has 6 heteroatoms. The summed E-state index contributed by atoms with van der Waals surface area (Å²) in [5.74, 6) is -1.79. The van der Waals surface area contributed by atoms with Gasteiger partial charge in [-0.15, -0.1) is 0 Å². The molecule has 0 N–H and O–H groups in total. The van der Waals surface area contributed by atoms with E-state index in [2.05, 4.69) is 0 Å². The molecule has 0 saturated carbocycles. The zero-order valence-corrected chi connectivity index (χ0v) is 16.1. The van der Waals surface area contributed by atoms with Crippen LogP contribution >= 0.6 is 24.0 Å². The molecular weight excluding hydrogens is 378 g/mol. The van der Waals surface area contributed by atoms with Gasteiger partial charge in [0.25, 0.3) is 5.91 Å². The molecule has 27 heavy (non-hydrogen) atoms. The van der Waals surface area contributed by atoms with Gasteiger partial charge >= 0.3 is 0 Å².